The summed E-state index contributed by atoms with van der Waals surface area (Å²) in [4.78, 5) is 49.3. The highest BCUT2D eigenvalue weighted by atomic mass is 32.2. The van der Waals surface area contributed by atoms with Gasteiger partial charge in [0.05, 0.1) is 20.3 Å². The molecule has 1 aliphatic rings. The Morgan fingerprint density at radius 3 is 2.02 bits per heavy atom. The fourth-order valence-corrected chi connectivity index (χ4v) is 6.74. The van der Waals surface area contributed by atoms with E-state index < -0.39 is 22.0 Å². The second-order valence-electron chi connectivity index (χ2n) is 12.3. The first-order valence-corrected chi connectivity index (χ1v) is 18.6. The normalized spacial score (nSPS) is 15.1. The van der Waals surface area contributed by atoms with Gasteiger partial charge in [-0.1, -0.05) is 45.2 Å². The van der Waals surface area contributed by atoms with Crippen LogP contribution in [-0.4, -0.2) is 70.0 Å². The standard InChI is InChI=1S/C36H54N2O9S/c1-6-46-35(41)33(36(42)47-7-2)29-17-19-30(20-18-29)34(40)37-31-21-15-28(16-22-31)23-26-48(43,44)38(25-12-10-13-27(3)4)24-11-8-9-14-32(39)45-5/h15-16,21-23,26-27,30H,6-14,17-20,24-25H2,1-5H3,(H,37,40)/b26-23+. The number of hydrogen-bond acceptors (Lipinski definition) is 9. The molecule has 0 saturated heterocycles. The van der Waals surface area contributed by atoms with Gasteiger partial charge in [-0.3, -0.25) is 9.59 Å². The lowest BCUT2D eigenvalue weighted by Crippen LogP contribution is -2.31. The number of anilines is 1. The highest BCUT2D eigenvalue weighted by Crippen LogP contribution is 2.32. The number of benzene rings is 1. The predicted octanol–water partition coefficient (Wildman–Crippen LogP) is 6.40. The molecule has 1 aromatic rings. The number of hydrogen-bond donors (Lipinski definition) is 1. The maximum Gasteiger partial charge on any atom is 0.345 e. The molecule has 0 heterocycles. The van der Waals surface area contributed by atoms with Crippen molar-refractivity contribution in [2.45, 2.75) is 98.3 Å². The molecule has 0 unspecified atom stereocenters. The third kappa shape index (κ3) is 14.3. The molecule has 1 amide bonds. The van der Waals surface area contributed by atoms with E-state index in [9.17, 15) is 27.6 Å². The van der Waals surface area contributed by atoms with Gasteiger partial charge in [0.2, 0.25) is 15.9 Å². The second kappa shape index (κ2) is 21.5. The van der Waals surface area contributed by atoms with E-state index in [0.717, 1.165) is 25.7 Å². The minimum Gasteiger partial charge on any atom is -0.469 e. The van der Waals surface area contributed by atoms with Gasteiger partial charge in [-0.2, -0.15) is 4.31 Å². The number of ether oxygens (including phenoxy) is 3. The van der Waals surface area contributed by atoms with Crippen LogP contribution >= 0.6 is 0 Å². The summed E-state index contributed by atoms with van der Waals surface area (Å²) in [5.74, 6) is -1.55. The van der Waals surface area contributed by atoms with Gasteiger partial charge in [-0.25, -0.2) is 18.0 Å². The van der Waals surface area contributed by atoms with Crippen LogP contribution < -0.4 is 5.32 Å². The van der Waals surface area contributed by atoms with Gasteiger partial charge in [-0.15, -0.1) is 0 Å². The number of amides is 1. The Balaban J connectivity index is 2.00. The monoisotopic (exact) mass is 690 g/mol. The summed E-state index contributed by atoms with van der Waals surface area (Å²) in [7, 11) is -2.31. The third-order valence-corrected chi connectivity index (χ3v) is 9.76. The average molecular weight is 691 g/mol. The first kappa shape index (κ1) is 40.7. The van der Waals surface area contributed by atoms with E-state index in [1.165, 1.54) is 16.8 Å². The average Bonchev–Trinajstić information content (AvgIpc) is 3.05. The molecular formula is C36H54N2O9S. The lowest BCUT2D eigenvalue weighted by molar-refractivity contribution is -0.147. The summed E-state index contributed by atoms with van der Waals surface area (Å²) < 4.78 is 42.9. The summed E-state index contributed by atoms with van der Waals surface area (Å²) in [5.41, 5.74) is 1.84. The van der Waals surface area contributed by atoms with Crippen LogP contribution in [0.15, 0.2) is 40.8 Å². The SMILES string of the molecule is CCOC(=O)C(C(=O)OCC)=C1CCC(C(=O)Nc2ccc(/C=C/S(=O)(=O)N(CCCCCC(=O)OC)CCCCC(C)C)cc2)CC1. The Bertz CT molecular complexity index is 1340. The summed E-state index contributed by atoms with van der Waals surface area (Å²) in [6.07, 6.45) is 8.43. The Kier molecular flexibility index (Phi) is 18.2. The number of nitrogens with one attached hydrogen (secondary N) is 1. The number of methoxy groups -OCH3 is 1. The van der Waals surface area contributed by atoms with Gasteiger partial charge in [-0.05, 0) is 94.1 Å². The van der Waals surface area contributed by atoms with Gasteiger partial charge in [0.25, 0.3) is 0 Å². The maximum atomic E-state index is 13.3. The Morgan fingerprint density at radius 1 is 0.896 bits per heavy atom. The van der Waals surface area contributed by atoms with Crippen molar-refractivity contribution < 1.29 is 41.8 Å². The molecule has 1 aliphatic carbocycles. The van der Waals surface area contributed by atoms with Crippen molar-refractivity contribution in [2.24, 2.45) is 11.8 Å². The number of sulfonamides is 1. The molecule has 12 heteroatoms. The zero-order chi connectivity index (χ0) is 35.5. The van der Waals surface area contributed by atoms with E-state index in [-0.39, 0.29) is 36.6 Å². The molecule has 0 atom stereocenters. The smallest absolute Gasteiger partial charge is 0.345 e. The van der Waals surface area contributed by atoms with Crippen LogP contribution in [0.1, 0.15) is 104 Å². The molecule has 0 aliphatic heterocycles. The van der Waals surface area contributed by atoms with Gasteiger partial charge in [0.15, 0.2) is 0 Å². The van der Waals surface area contributed by atoms with Crippen LogP contribution in [-0.2, 0) is 43.4 Å². The van der Waals surface area contributed by atoms with Crippen LogP contribution in [0, 0.1) is 11.8 Å². The van der Waals surface area contributed by atoms with Crippen LogP contribution in [0.2, 0.25) is 0 Å². The van der Waals surface area contributed by atoms with Gasteiger partial charge in [0, 0.05) is 36.5 Å². The van der Waals surface area contributed by atoms with Crippen molar-refractivity contribution >= 4 is 45.6 Å². The lowest BCUT2D eigenvalue weighted by atomic mass is 9.83. The largest absolute Gasteiger partial charge is 0.469 e. The van der Waals surface area contributed by atoms with Crippen molar-refractivity contribution in [3.63, 3.8) is 0 Å². The molecule has 1 N–H and O–H groups in total. The highest BCUT2D eigenvalue weighted by Gasteiger charge is 2.31. The Labute approximate surface area is 286 Å². The molecule has 0 bridgehead atoms. The van der Waals surface area contributed by atoms with E-state index in [2.05, 4.69) is 23.9 Å². The van der Waals surface area contributed by atoms with Gasteiger partial charge >= 0.3 is 17.9 Å². The number of rotatable bonds is 20. The van der Waals surface area contributed by atoms with Gasteiger partial charge < -0.3 is 19.5 Å². The van der Waals surface area contributed by atoms with E-state index in [0.29, 0.717) is 80.8 Å². The number of carbonyl (C=O) groups excluding carboxylic acids is 4. The topological polar surface area (TPSA) is 145 Å². The first-order chi connectivity index (χ1) is 22.9. The Hall–Kier alpha value is -3.51. The molecule has 0 aromatic heterocycles. The predicted molar refractivity (Wildman–Crippen MR) is 186 cm³/mol. The molecule has 1 fully saturated rings. The number of nitrogens with zero attached hydrogens (tertiary/aromatic N) is 1. The number of esters is 3. The molecule has 1 aromatic carbocycles. The first-order valence-electron chi connectivity index (χ1n) is 17.1. The number of carbonyl (C=O) groups is 4. The lowest BCUT2D eigenvalue weighted by Gasteiger charge is -2.24. The molecule has 48 heavy (non-hydrogen) atoms. The van der Waals surface area contributed by atoms with Crippen molar-refractivity contribution in [3.05, 3.63) is 46.4 Å². The van der Waals surface area contributed by atoms with Crippen molar-refractivity contribution in [3.8, 4) is 0 Å². The fourth-order valence-electron chi connectivity index (χ4n) is 5.47. The highest BCUT2D eigenvalue weighted by molar-refractivity contribution is 7.92. The maximum absolute atomic E-state index is 13.3. The molecule has 2 rings (SSSR count). The van der Waals surface area contributed by atoms with Crippen LogP contribution in [0.3, 0.4) is 0 Å². The third-order valence-electron chi connectivity index (χ3n) is 8.20. The van der Waals surface area contributed by atoms with Crippen molar-refractivity contribution in [1.82, 2.24) is 4.31 Å². The summed E-state index contributed by atoms with van der Waals surface area (Å²) in [5, 5.41) is 4.15. The number of allylic oxidation sites excluding steroid dienone is 1. The van der Waals surface area contributed by atoms with E-state index >= 15 is 0 Å². The molecule has 0 spiro atoms. The Morgan fingerprint density at radius 2 is 1.48 bits per heavy atom. The fraction of sp³-hybridized carbons (Fsp3) is 0.611. The zero-order valence-electron chi connectivity index (χ0n) is 29.3. The molecule has 1 saturated carbocycles. The quantitative estimate of drug-likeness (QED) is 0.0410. The molecule has 11 nitrogen and oxygen atoms in total. The van der Waals surface area contributed by atoms with Crippen LogP contribution in [0.5, 0.6) is 0 Å². The van der Waals surface area contributed by atoms with Gasteiger partial charge in [0.1, 0.15) is 5.57 Å². The van der Waals surface area contributed by atoms with E-state index in [1.807, 2.05) is 0 Å². The summed E-state index contributed by atoms with van der Waals surface area (Å²) in [6, 6.07) is 6.94. The van der Waals surface area contributed by atoms with Crippen molar-refractivity contribution in [1.29, 1.82) is 0 Å². The molecule has 268 valence electrons. The van der Waals surface area contributed by atoms with E-state index in [1.54, 1.807) is 44.2 Å². The summed E-state index contributed by atoms with van der Waals surface area (Å²) >= 11 is 0. The molecular weight excluding hydrogens is 636 g/mol. The van der Waals surface area contributed by atoms with E-state index in [4.69, 9.17) is 9.47 Å². The minimum absolute atomic E-state index is 0.0619. The molecule has 0 radical (unpaired) electrons. The van der Waals surface area contributed by atoms with Crippen molar-refractivity contribution in [2.75, 3.05) is 38.7 Å². The second-order valence-corrected chi connectivity index (χ2v) is 14.1. The van der Waals surface area contributed by atoms with Crippen LogP contribution in [0.4, 0.5) is 5.69 Å². The minimum atomic E-state index is -3.67. The zero-order valence-corrected chi connectivity index (χ0v) is 30.1. The number of unbranched alkanes of at least 4 members (excludes halogenated alkanes) is 3. The summed E-state index contributed by atoms with van der Waals surface area (Å²) in [6.45, 7) is 8.74. The van der Waals surface area contributed by atoms with Crippen LogP contribution in [0.25, 0.3) is 6.08 Å².